The lowest BCUT2D eigenvalue weighted by Gasteiger charge is -2.35. The van der Waals surface area contributed by atoms with Gasteiger partial charge in [0.15, 0.2) is 0 Å². The first-order valence-corrected chi connectivity index (χ1v) is 7.56. The van der Waals surface area contributed by atoms with Gasteiger partial charge in [0.05, 0.1) is 0 Å². The molecule has 92 valence electrons. The molecule has 1 heterocycles. The number of halogens is 1. The zero-order valence-electron chi connectivity index (χ0n) is 10.5. The van der Waals surface area contributed by atoms with Crippen LogP contribution in [-0.4, -0.2) is 23.5 Å². The Kier molecular flexibility index (Phi) is 3.27. The Labute approximate surface area is 112 Å². The van der Waals surface area contributed by atoms with Crippen molar-refractivity contribution in [3.8, 4) is 0 Å². The zero-order chi connectivity index (χ0) is 11.8. The van der Waals surface area contributed by atoms with E-state index in [1.807, 2.05) is 0 Å². The van der Waals surface area contributed by atoms with Crippen molar-refractivity contribution < 1.29 is 0 Å². The van der Waals surface area contributed by atoms with Gasteiger partial charge in [0.1, 0.15) is 0 Å². The molecule has 1 aliphatic heterocycles. The summed E-state index contributed by atoms with van der Waals surface area (Å²) >= 11 is 3.57. The summed E-state index contributed by atoms with van der Waals surface area (Å²) < 4.78 is 1.23. The summed E-state index contributed by atoms with van der Waals surface area (Å²) in [6.45, 7) is 3.71. The van der Waals surface area contributed by atoms with Crippen molar-refractivity contribution >= 4 is 15.9 Å². The summed E-state index contributed by atoms with van der Waals surface area (Å²) in [5.74, 6) is 0. The SMILES string of the molecule is C[C@H]1CCCN1[C@@H]1CCc2cc(Br)ccc2C1. The van der Waals surface area contributed by atoms with Gasteiger partial charge in [-0.25, -0.2) is 0 Å². The summed E-state index contributed by atoms with van der Waals surface area (Å²) in [6, 6.07) is 8.40. The normalized spacial score (nSPS) is 29.3. The average molecular weight is 294 g/mol. The molecule has 0 N–H and O–H groups in total. The van der Waals surface area contributed by atoms with Gasteiger partial charge in [-0.1, -0.05) is 22.0 Å². The molecule has 0 bridgehead atoms. The van der Waals surface area contributed by atoms with Crippen molar-refractivity contribution in [1.29, 1.82) is 0 Å². The maximum absolute atomic E-state index is 3.57. The summed E-state index contributed by atoms with van der Waals surface area (Å²) in [4.78, 5) is 2.74. The van der Waals surface area contributed by atoms with Gasteiger partial charge < -0.3 is 0 Å². The third-order valence-electron chi connectivity index (χ3n) is 4.44. The Morgan fingerprint density at radius 3 is 2.88 bits per heavy atom. The molecule has 1 nitrogen and oxygen atoms in total. The monoisotopic (exact) mass is 293 g/mol. The van der Waals surface area contributed by atoms with Gasteiger partial charge >= 0.3 is 0 Å². The Morgan fingerprint density at radius 2 is 2.12 bits per heavy atom. The minimum Gasteiger partial charge on any atom is -0.297 e. The van der Waals surface area contributed by atoms with Crippen molar-refractivity contribution in [3.63, 3.8) is 0 Å². The minimum atomic E-state index is 0.793. The third-order valence-corrected chi connectivity index (χ3v) is 4.94. The standard InChI is InChI=1S/C15H20BrN/c1-11-3-2-8-17(11)15-7-5-12-9-14(16)6-4-13(12)10-15/h4,6,9,11,15H,2-3,5,7-8,10H2,1H3/t11-,15+/m0/s1. The zero-order valence-corrected chi connectivity index (χ0v) is 12.0. The fourth-order valence-electron chi connectivity index (χ4n) is 3.49. The number of hydrogen-bond acceptors (Lipinski definition) is 1. The van der Waals surface area contributed by atoms with E-state index in [-0.39, 0.29) is 0 Å². The summed E-state index contributed by atoms with van der Waals surface area (Å²) in [5, 5.41) is 0. The quantitative estimate of drug-likeness (QED) is 0.761. The van der Waals surface area contributed by atoms with Gasteiger partial charge in [-0.15, -0.1) is 0 Å². The smallest absolute Gasteiger partial charge is 0.0178 e. The molecule has 1 saturated heterocycles. The highest BCUT2D eigenvalue weighted by Gasteiger charge is 2.30. The lowest BCUT2D eigenvalue weighted by Crippen LogP contribution is -2.41. The Morgan fingerprint density at radius 1 is 1.24 bits per heavy atom. The maximum Gasteiger partial charge on any atom is 0.0178 e. The van der Waals surface area contributed by atoms with E-state index < -0.39 is 0 Å². The highest BCUT2D eigenvalue weighted by Crippen LogP contribution is 2.30. The number of benzene rings is 1. The molecule has 17 heavy (non-hydrogen) atoms. The molecule has 3 rings (SSSR count). The number of rotatable bonds is 1. The van der Waals surface area contributed by atoms with E-state index in [4.69, 9.17) is 0 Å². The van der Waals surface area contributed by atoms with E-state index in [0.29, 0.717) is 0 Å². The Hall–Kier alpha value is -0.340. The molecule has 1 aliphatic carbocycles. The van der Waals surface area contributed by atoms with E-state index in [1.54, 1.807) is 11.1 Å². The second-order valence-corrected chi connectivity index (χ2v) is 6.45. The fourth-order valence-corrected chi connectivity index (χ4v) is 3.89. The molecule has 1 aromatic carbocycles. The molecule has 2 aliphatic rings. The molecule has 1 fully saturated rings. The van der Waals surface area contributed by atoms with Crippen LogP contribution in [0.1, 0.15) is 37.3 Å². The lowest BCUT2D eigenvalue weighted by molar-refractivity contribution is 0.174. The van der Waals surface area contributed by atoms with Crippen LogP contribution in [0, 0.1) is 0 Å². The molecule has 0 amide bonds. The summed E-state index contributed by atoms with van der Waals surface area (Å²) in [6.07, 6.45) is 6.64. The Balaban J connectivity index is 1.78. The van der Waals surface area contributed by atoms with Gasteiger partial charge in [0, 0.05) is 16.6 Å². The maximum atomic E-state index is 3.57. The Bertz CT molecular complexity index is 415. The van der Waals surface area contributed by atoms with E-state index in [9.17, 15) is 0 Å². The molecular formula is C15H20BrN. The number of aryl methyl sites for hydroxylation is 1. The topological polar surface area (TPSA) is 3.24 Å². The first kappa shape index (κ1) is 11.7. The van der Waals surface area contributed by atoms with Crippen LogP contribution >= 0.6 is 15.9 Å². The highest BCUT2D eigenvalue weighted by atomic mass is 79.9. The third kappa shape index (κ3) is 2.30. The predicted molar refractivity (Wildman–Crippen MR) is 75.4 cm³/mol. The largest absolute Gasteiger partial charge is 0.297 e. The number of nitrogens with zero attached hydrogens (tertiary/aromatic N) is 1. The second-order valence-electron chi connectivity index (χ2n) is 5.54. The van der Waals surface area contributed by atoms with Gasteiger partial charge in [-0.3, -0.25) is 4.90 Å². The van der Waals surface area contributed by atoms with Gasteiger partial charge in [0.25, 0.3) is 0 Å². The minimum absolute atomic E-state index is 0.793. The lowest BCUT2D eigenvalue weighted by atomic mass is 9.87. The van der Waals surface area contributed by atoms with Crippen molar-refractivity contribution in [3.05, 3.63) is 33.8 Å². The van der Waals surface area contributed by atoms with Crippen molar-refractivity contribution in [2.75, 3.05) is 6.54 Å². The van der Waals surface area contributed by atoms with Gasteiger partial charge in [-0.05, 0) is 68.8 Å². The van der Waals surface area contributed by atoms with Crippen molar-refractivity contribution in [2.24, 2.45) is 0 Å². The molecule has 1 aromatic rings. The molecule has 2 heteroatoms. The van der Waals surface area contributed by atoms with E-state index in [2.05, 4.69) is 46.0 Å². The van der Waals surface area contributed by atoms with Crippen LogP contribution in [-0.2, 0) is 12.8 Å². The first-order chi connectivity index (χ1) is 8.24. The van der Waals surface area contributed by atoms with Crippen LogP contribution < -0.4 is 0 Å². The average Bonchev–Trinajstić information content (AvgIpc) is 2.75. The van der Waals surface area contributed by atoms with Gasteiger partial charge in [-0.2, -0.15) is 0 Å². The summed E-state index contributed by atoms with van der Waals surface area (Å²) in [7, 11) is 0. The van der Waals surface area contributed by atoms with E-state index in [1.165, 1.54) is 43.1 Å². The van der Waals surface area contributed by atoms with Crippen LogP contribution in [0.15, 0.2) is 22.7 Å². The van der Waals surface area contributed by atoms with Crippen molar-refractivity contribution in [1.82, 2.24) is 4.90 Å². The molecule has 0 saturated carbocycles. The predicted octanol–water partition coefficient (Wildman–Crippen LogP) is 3.79. The molecule has 0 radical (unpaired) electrons. The van der Waals surface area contributed by atoms with E-state index >= 15 is 0 Å². The summed E-state index contributed by atoms with van der Waals surface area (Å²) in [5.41, 5.74) is 3.13. The first-order valence-electron chi connectivity index (χ1n) is 6.77. The number of fused-ring (bicyclic) bond motifs is 1. The number of likely N-dealkylation sites (tertiary alicyclic amines) is 1. The van der Waals surface area contributed by atoms with E-state index in [0.717, 1.165) is 12.1 Å². The van der Waals surface area contributed by atoms with Crippen LogP contribution in [0.25, 0.3) is 0 Å². The molecule has 2 atom stereocenters. The van der Waals surface area contributed by atoms with Crippen LogP contribution in [0.3, 0.4) is 0 Å². The number of hydrogen-bond donors (Lipinski definition) is 0. The molecule has 0 spiro atoms. The second kappa shape index (κ2) is 4.74. The highest BCUT2D eigenvalue weighted by molar-refractivity contribution is 9.10. The van der Waals surface area contributed by atoms with Crippen LogP contribution in [0.4, 0.5) is 0 Å². The van der Waals surface area contributed by atoms with Crippen LogP contribution in [0.5, 0.6) is 0 Å². The van der Waals surface area contributed by atoms with Crippen molar-refractivity contribution in [2.45, 2.75) is 51.1 Å². The fraction of sp³-hybridized carbons (Fsp3) is 0.600. The van der Waals surface area contributed by atoms with Gasteiger partial charge in [0.2, 0.25) is 0 Å². The molecule has 0 aromatic heterocycles. The molecule has 0 unspecified atom stereocenters. The van der Waals surface area contributed by atoms with Crippen LogP contribution in [0.2, 0.25) is 0 Å². The molecular weight excluding hydrogens is 274 g/mol.